The van der Waals surface area contributed by atoms with E-state index in [1.807, 2.05) is 20.1 Å². The molecule has 0 radical (unpaired) electrons. The zero-order valence-electron chi connectivity index (χ0n) is 20.6. The highest BCUT2D eigenvalue weighted by Crippen LogP contribution is 2.09. The van der Waals surface area contributed by atoms with Crippen molar-refractivity contribution in [1.29, 1.82) is 0 Å². The highest BCUT2D eigenvalue weighted by atomic mass is 32.2. The summed E-state index contributed by atoms with van der Waals surface area (Å²) >= 11 is 1.53. The maximum Gasteiger partial charge on any atom is 0.326 e. The Morgan fingerprint density at radius 1 is 0.879 bits per heavy atom. The first kappa shape index (κ1) is 31.1. The molecule has 0 aromatic heterocycles. The summed E-state index contributed by atoms with van der Waals surface area (Å²) in [4.78, 5) is 49.9. The molecule has 0 aliphatic heterocycles. The molecule has 4 atom stereocenters. The number of amides is 3. The molecular weight excluding hydrogens is 446 g/mol. The summed E-state index contributed by atoms with van der Waals surface area (Å²) in [6, 6.07) is -3.61. The second-order valence-electron chi connectivity index (χ2n) is 8.99. The minimum Gasteiger partial charge on any atom is -0.480 e. The zero-order chi connectivity index (χ0) is 25.6. The van der Waals surface area contributed by atoms with E-state index in [1.165, 1.54) is 11.8 Å². The van der Waals surface area contributed by atoms with Crippen molar-refractivity contribution >= 4 is 35.5 Å². The molecular formula is C22H43N5O5S. The van der Waals surface area contributed by atoms with Gasteiger partial charge >= 0.3 is 5.97 Å². The predicted octanol–water partition coefficient (Wildman–Crippen LogP) is 0.437. The monoisotopic (exact) mass is 489 g/mol. The maximum atomic E-state index is 13.0. The second kappa shape index (κ2) is 16.7. The van der Waals surface area contributed by atoms with Crippen molar-refractivity contribution < 1.29 is 24.3 Å². The molecule has 0 aromatic rings. The summed E-state index contributed by atoms with van der Waals surface area (Å²) in [5.74, 6) is -2.12. The van der Waals surface area contributed by atoms with Crippen molar-refractivity contribution in [3.63, 3.8) is 0 Å². The molecule has 0 heterocycles. The van der Waals surface area contributed by atoms with Gasteiger partial charge < -0.3 is 32.5 Å². The summed E-state index contributed by atoms with van der Waals surface area (Å²) in [5, 5.41) is 17.3. The number of carbonyl (C=O) groups excluding carboxylic acids is 3. The van der Waals surface area contributed by atoms with Crippen LogP contribution in [0.3, 0.4) is 0 Å². The Balaban J connectivity index is 5.44. The fraction of sp³-hybridized carbons (Fsp3) is 0.818. The molecule has 3 amide bonds. The van der Waals surface area contributed by atoms with E-state index in [4.69, 9.17) is 11.5 Å². The molecule has 8 N–H and O–H groups in total. The molecule has 0 spiro atoms. The first-order chi connectivity index (χ1) is 15.4. The average Bonchev–Trinajstić information content (AvgIpc) is 2.72. The number of hydrogen-bond acceptors (Lipinski definition) is 7. The number of aliphatic carboxylic acids is 1. The van der Waals surface area contributed by atoms with Crippen LogP contribution in [0.5, 0.6) is 0 Å². The van der Waals surface area contributed by atoms with Gasteiger partial charge in [0.1, 0.15) is 18.1 Å². The van der Waals surface area contributed by atoms with Gasteiger partial charge in [0.2, 0.25) is 17.7 Å². The van der Waals surface area contributed by atoms with Gasteiger partial charge in [-0.15, -0.1) is 0 Å². The highest BCUT2D eigenvalue weighted by molar-refractivity contribution is 7.98. The van der Waals surface area contributed by atoms with E-state index in [0.29, 0.717) is 44.4 Å². The first-order valence-electron chi connectivity index (χ1n) is 11.5. The number of hydrogen-bond donors (Lipinski definition) is 6. The molecule has 0 aliphatic carbocycles. The lowest BCUT2D eigenvalue weighted by Crippen LogP contribution is -2.57. The van der Waals surface area contributed by atoms with Gasteiger partial charge in [0.15, 0.2) is 0 Å². The molecule has 4 unspecified atom stereocenters. The minimum atomic E-state index is -1.14. The van der Waals surface area contributed by atoms with E-state index in [1.54, 1.807) is 13.8 Å². The SMILES string of the molecule is CSCCC(NC(=O)C(N)CC(C)C)C(=O)NC(CCCCN)C(=O)NC(C(=O)O)C(C)C. The topological polar surface area (TPSA) is 177 Å². The van der Waals surface area contributed by atoms with Gasteiger partial charge in [-0.3, -0.25) is 14.4 Å². The number of carboxylic acids is 1. The van der Waals surface area contributed by atoms with Crippen LogP contribution >= 0.6 is 11.8 Å². The van der Waals surface area contributed by atoms with E-state index >= 15 is 0 Å². The van der Waals surface area contributed by atoms with E-state index in [0.717, 1.165) is 0 Å². The Morgan fingerprint density at radius 2 is 1.42 bits per heavy atom. The van der Waals surface area contributed by atoms with Crippen molar-refractivity contribution in [1.82, 2.24) is 16.0 Å². The molecule has 0 bridgehead atoms. The minimum absolute atomic E-state index is 0.225. The quantitative estimate of drug-likeness (QED) is 0.159. The van der Waals surface area contributed by atoms with Gasteiger partial charge in [-0.05, 0) is 62.5 Å². The van der Waals surface area contributed by atoms with Crippen LogP contribution in [0.2, 0.25) is 0 Å². The number of rotatable bonds is 17. The lowest BCUT2D eigenvalue weighted by atomic mass is 10.0. The lowest BCUT2D eigenvalue weighted by Gasteiger charge is -2.26. The van der Waals surface area contributed by atoms with Crippen molar-refractivity contribution in [2.24, 2.45) is 23.3 Å². The van der Waals surface area contributed by atoms with E-state index in [2.05, 4.69) is 16.0 Å². The van der Waals surface area contributed by atoms with Crippen LogP contribution in [-0.2, 0) is 19.2 Å². The van der Waals surface area contributed by atoms with E-state index in [9.17, 15) is 24.3 Å². The van der Waals surface area contributed by atoms with Gasteiger partial charge in [0.05, 0.1) is 6.04 Å². The van der Waals surface area contributed by atoms with Gasteiger partial charge in [-0.2, -0.15) is 11.8 Å². The van der Waals surface area contributed by atoms with Crippen LogP contribution in [0.1, 0.15) is 59.8 Å². The first-order valence-corrected chi connectivity index (χ1v) is 12.9. The number of unbranched alkanes of at least 4 members (excludes halogenated alkanes) is 1. The zero-order valence-corrected chi connectivity index (χ0v) is 21.4. The average molecular weight is 490 g/mol. The van der Waals surface area contributed by atoms with Crippen LogP contribution in [0.25, 0.3) is 0 Å². The number of carbonyl (C=O) groups is 4. The number of thioether (sulfide) groups is 1. The molecule has 0 saturated carbocycles. The highest BCUT2D eigenvalue weighted by Gasteiger charge is 2.31. The molecule has 11 heteroatoms. The summed E-state index contributed by atoms with van der Waals surface area (Å²) in [5.41, 5.74) is 11.5. The molecule has 10 nitrogen and oxygen atoms in total. The molecule has 33 heavy (non-hydrogen) atoms. The van der Waals surface area contributed by atoms with Crippen molar-refractivity contribution in [2.45, 2.75) is 84.0 Å². The van der Waals surface area contributed by atoms with Gasteiger partial charge in [0.25, 0.3) is 0 Å². The number of nitrogens with one attached hydrogen (secondary N) is 3. The Labute approximate surface area is 201 Å². The standard InChI is InChI=1S/C22H43N5O5S/c1-13(2)12-15(24)19(28)25-17(9-11-33-5)20(29)26-16(8-6-7-10-23)21(30)27-18(14(3)4)22(31)32/h13-18H,6-12,23-24H2,1-5H3,(H,25,28)(H,26,29)(H,27,30)(H,31,32). The van der Waals surface area contributed by atoms with Gasteiger partial charge in [-0.1, -0.05) is 27.7 Å². The molecule has 0 fully saturated rings. The Kier molecular flexibility index (Phi) is 15.8. The number of carboxylic acid groups (broad SMARTS) is 1. The van der Waals surface area contributed by atoms with Crippen molar-refractivity contribution in [2.75, 3.05) is 18.6 Å². The lowest BCUT2D eigenvalue weighted by molar-refractivity contribution is -0.143. The molecule has 192 valence electrons. The van der Waals surface area contributed by atoms with Crippen molar-refractivity contribution in [3.05, 3.63) is 0 Å². The van der Waals surface area contributed by atoms with Gasteiger partial charge in [0, 0.05) is 0 Å². The fourth-order valence-electron chi connectivity index (χ4n) is 3.20. The summed E-state index contributed by atoms with van der Waals surface area (Å²) in [6.45, 7) is 7.73. The number of nitrogens with two attached hydrogens (primary N) is 2. The normalized spacial score (nSPS) is 14.9. The third-order valence-electron chi connectivity index (χ3n) is 5.12. The van der Waals surface area contributed by atoms with Crippen LogP contribution in [0.15, 0.2) is 0 Å². The third-order valence-corrected chi connectivity index (χ3v) is 5.76. The fourth-order valence-corrected chi connectivity index (χ4v) is 3.67. The third kappa shape index (κ3) is 12.8. The molecule has 0 aliphatic rings. The van der Waals surface area contributed by atoms with Crippen molar-refractivity contribution in [3.8, 4) is 0 Å². The summed E-state index contributed by atoms with van der Waals surface area (Å²) in [7, 11) is 0. The van der Waals surface area contributed by atoms with Gasteiger partial charge in [-0.25, -0.2) is 4.79 Å². The molecule has 0 rings (SSSR count). The van der Waals surface area contributed by atoms with Crippen LogP contribution < -0.4 is 27.4 Å². The Morgan fingerprint density at radius 3 is 1.91 bits per heavy atom. The summed E-state index contributed by atoms with van der Waals surface area (Å²) in [6.07, 6.45) is 4.28. The maximum absolute atomic E-state index is 13.0. The van der Waals surface area contributed by atoms with Crippen LogP contribution in [0, 0.1) is 11.8 Å². The second-order valence-corrected chi connectivity index (χ2v) is 9.98. The smallest absolute Gasteiger partial charge is 0.326 e. The van der Waals surface area contributed by atoms with E-state index < -0.39 is 47.9 Å². The molecule has 0 saturated heterocycles. The predicted molar refractivity (Wildman–Crippen MR) is 132 cm³/mol. The van der Waals surface area contributed by atoms with Crippen LogP contribution in [0.4, 0.5) is 0 Å². The Bertz CT molecular complexity index is 632. The Hall–Kier alpha value is -1.85. The van der Waals surface area contributed by atoms with Crippen LogP contribution in [-0.4, -0.2) is 71.5 Å². The summed E-state index contributed by atoms with van der Waals surface area (Å²) < 4.78 is 0. The van der Waals surface area contributed by atoms with E-state index in [-0.39, 0.29) is 11.8 Å². The largest absolute Gasteiger partial charge is 0.480 e. The molecule has 0 aromatic carbocycles.